The number of amides is 1. The summed E-state index contributed by atoms with van der Waals surface area (Å²) in [5.41, 5.74) is -2.35. The molecular formula is C20H19F6N3O3S. The Labute approximate surface area is 185 Å². The Morgan fingerprint density at radius 3 is 2.27 bits per heavy atom. The molecule has 1 amide bonds. The van der Waals surface area contributed by atoms with E-state index >= 15 is 0 Å². The number of anilines is 1. The summed E-state index contributed by atoms with van der Waals surface area (Å²) in [6.07, 6.45) is -8.89. The fourth-order valence-electron chi connectivity index (χ4n) is 3.64. The minimum atomic E-state index is -4.74. The van der Waals surface area contributed by atoms with E-state index in [0.717, 1.165) is 29.3 Å². The van der Waals surface area contributed by atoms with E-state index in [0.29, 0.717) is 12.1 Å². The molecule has 2 heterocycles. The van der Waals surface area contributed by atoms with Crippen LogP contribution in [0.15, 0.2) is 41.4 Å². The van der Waals surface area contributed by atoms with Crippen LogP contribution in [0, 0.1) is 5.92 Å². The zero-order valence-electron chi connectivity index (χ0n) is 17.4. The molecule has 0 saturated carbocycles. The molecule has 2 aromatic rings. The summed E-state index contributed by atoms with van der Waals surface area (Å²) in [5.74, 6) is -1.93. The molecule has 33 heavy (non-hydrogen) atoms. The number of rotatable bonds is 4. The quantitative estimate of drug-likeness (QED) is 0.584. The summed E-state index contributed by atoms with van der Waals surface area (Å²) in [4.78, 5) is 20.2. The van der Waals surface area contributed by atoms with Crippen LogP contribution in [0.1, 0.15) is 37.9 Å². The highest BCUT2D eigenvalue weighted by atomic mass is 32.2. The average molecular weight is 495 g/mol. The highest BCUT2D eigenvalue weighted by Crippen LogP contribution is 2.40. The monoisotopic (exact) mass is 495 g/mol. The summed E-state index contributed by atoms with van der Waals surface area (Å²) in [7, 11) is -4.30. The second-order valence-electron chi connectivity index (χ2n) is 8.11. The lowest BCUT2D eigenvalue weighted by Crippen LogP contribution is -2.49. The zero-order chi connectivity index (χ0) is 24.8. The predicted octanol–water partition coefficient (Wildman–Crippen LogP) is 4.51. The van der Waals surface area contributed by atoms with E-state index in [4.69, 9.17) is 0 Å². The van der Waals surface area contributed by atoms with Gasteiger partial charge in [0.1, 0.15) is 5.69 Å². The minimum absolute atomic E-state index is 0.0660. The SMILES string of the molecule is CC(C)([C@H]1CCN(c2nccc(C(F)(F)F)n2)C(=O)C1)S(=O)(=O)c1cccc(C(F)(F)F)c1. The summed E-state index contributed by atoms with van der Waals surface area (Å²) < 4.78 is 103. The van der Waals surface area contributed by atoms with E-state index in [1.165, 1.54) is 13.8 Å². The first-order chi connectivity index (χ1) is 15.0. The van der Waals surface area contributed by atoms with Crippen molar-refractivity contribution in [3.05, 3.63) is 47.8 Å². The Kier molecular flexibility index (Phi) is 6.24. The van der Waals surface area contributed by atoms with Gasteiger partial charge in [-0.3, -0.25) is 9.69 Å². The molecule has 0 aliphatic carbocycles. The second-order valence-corrected chi connectivity index (χ2v) is 10.6. The molecule has 0 radical (unpaired) electrons. The second kappa shape index (κ2) is 8.26. The number of aromatic nitrogens is 2. The van der Waals surface area contributed by atoms with Crippen LogP contribution in [0.25, 0.3) is 0 Å². The number of hydrogen-bond acceptors (Lipinski definition) is 5. The van der Waals surface area contributed by atoms with Crippen LogP contribution in [0.2, 0.25) is 0 Å². The molecule has 1 aromatic carbocycles. The Morgan fingerprint density at radius 2 is 1.70 bits per heavy atom. The summed E-state index contributed by atoms with van der Waals surface area (Å²) >= 11 is 0. The molecule has 1 fully saturated rings. The largest absolute Gasteiger partial charge is 0.433 e. The van der Waals surface area contributed by atoms with Crippen molar-refractivity contribution in [2.75, 3.05) is 11.4 Å². The topological polar surface area (TPSA) is 80.2 Å². The molecule has 1 aliphatic heterocycles. The number of sulfone groups is 1. The van der Waals surface area contributed by atoms with Crippen molar-refractivity contribution in [1.29, 1.82) is 0 Å². The van der Waals surface area contributed by atoms with Crippen LogP contribution in [0.4, 0.5) is 32.3 Å². The van der Waals surface area contributed by atoms with Crippen molar-refractivity contribution in [1.82, 2.24) is 9.97 Å². The third-order valence-electron chi connectivity index (χ3n) is 5.75. The summed E-state index contributed by atoms with van der Waals surface area (Å²) in [6.45, 7) is 2.49. The number of halogens is 6. The maximum atomic E-state index is 13.2. The van der Waals surface area contributed by atoms with Crippen molar-refractivity contribution in [2.45, 2.75) is 48.7 Å². The molecule has 180 valence electrons. The summed E-state index contributed by atoms with van der Waals surface area (Å²) in [5, 5.41) is 0. The molecule has 1 saturated heterocycles. The van der Waals surface area contributed by atoms with Gasteiger partial charge in [-0.25, -0.2) is 18.4 Å². The lowest BCUT2D eigenvalue weighted by molar-refractivity contribution is -0.141. The molecule has 1 aromatic heterocycles. The average Bonchev–Trinajstić information content (AvgIpc) is 2.72. The van der Waals surface area contributed by atoms with Gasteiger partial charge in [-0.15, -0.1) is 0 Å². The molecular weight excluding hydrogens is 476 g/mol. The van der Waals surface area contributed by atoms with E-state index < -0.39 is 60.9 Å². The van der Waals surface area contributed by atoms with Crippen LogP contribution in [0.3, 0.4) is 0 Å². The van der Waals surface area contributed by atoms with E-state index in [1.807, 2.05) is 0 Å². The number of nitrogens with zero attached hydrogens (tertiary/aromatic N) is 3. The summed E-state index contributed by atoms with van der Waals surface area (Å²) in [6, 6.07) is 4.00. The van der Waals surface area contributed by atoms with Crippen molar-refractivity contribution in [3.8, 4) is 0 Å². The fourth-order valence-corrected chi connectivity index (χ4v) is 5.42. The minimum Gasteiger partial charge on any atom is -0.281 e. The third kappa shape index (κ3) is 4.82. The van der Waals surface area contributed by atoms with Crippen molar-refractivity contribution in [3.63, 3.8) is 0 Å². The van der Waals surface area contributed by atoms with Crippen LogP contribution >= 0.6 is 0 Å². The van der Waals surface area contributed by atoms with Gasteiger partial charge in [0.25, 0.3) is 0 Å². The number of carbonyl (C=O) groups is 1. The van der Waals surface area contributed by atoms with Gasteiger partial charge in [-0.05, 0) is 50.5 Å². The lowest BCUT2D eigenvalue weighted by Gasteiger charge is -2.39. The number of benzene rings is 1. The van der Waals surface area contributed by atoms with Gasteiger partial charge in [-0.1, -0.05) is 6.07 Å². The Balaban J connectivity index is 1.85. The fraction of sp³-hybridized carbons (Fsp3) is 0.450. The number of carbonyl (C=O) groups excluding carboxylic acids is 1. The first kappa shape index (κ1) is 24.9. The Bertz CT molecular complexity index is 1160. The molecule has 3 rings (SSSR count). The van der Waals surface area contributed by atoms with E-state index in [9.17, 15) is 39.6 Å². The molecule has 0 N–H and O–H groups in total. The van der Waals surface area contributed by atoms with Gasteiger partial charge in [0.15, 0.2) is 9.84 Å². The van der Waals surface area contributed by atoms with Crippen molar-refractivity contribution < 1.29 is 39.6 Å². The van der Waals surface area contributed by atoms with Gasteiger partial charge in [0.2, 0.25) is 11.9 Å². The molecule has 0 bridgehead atoms. The molecule has 0 unspecified atom stereocenters. The van der Waals surface area contributed by atoms with Gasteiger partial charge in [0, 0.05) is 19.2 Å². The number of piperidine rings is 1. The van der Waals surface area contributed by atoms with Crippen molar-refractivity contribution >= 4 is 21.7 Å². The lowest BCUT2D eigenvalue weighted by atomic mass is 9.85. The van der Waals surface area contributed by atoms with E-state index in [-0.39, 0.29) is 19.4 Å². The zero-order valence-corrected chi connectivity index (χ0v) is 18.2. The van der Waals surface area contributed by atoms with Gasteiger partial charge >= 0.3 is 12.4 Å². The molecule has 13 heteroatoms. The van der Waals surface area contributed by atoms with Gasteiger partial charge < -0.3 is 0 Å². The standard InChI is InChI=1S/C20H19F6N3O3S/c1-18(2,33(31,32)14-5-3-4-13(10-14)19(21,22)23)12-7-9-29(16(30)11-12)17-27-8-6-15(28-17)20(24,25)26/h3-6,8,10,12H,7,9,11H2,1-2H3/t12-/m0/s1. The highest BCUT2D eigenvalue weighted by Gasteiger charge is 2.47. The predicted molar refractivity (Wildman–Crippen MR) is 105 cm³/mol. The first-order valence-corrected chi connectivity index (χ1v) is 11.2. The first-order valence-electron chi connectivity index (χ1n) is 9.67. The van der Waals surface area contributed by atoms with Crippen molar-refractivity contribution in [2.24, 2.45) is 5.92 Å². The smallest absolute Gasteiger partial charge is 0.281 e. The maximum Gasteiger partial charge on any atom is 0.433 e. The molecule has 6 nitrogen and oxygen atoms in total. The van der Waals surface area contributed by atoms with E-state index in [2.05, 4.69) is 9.97 Å². The Hall–Kier alpha value is -2.70. The molecule has 0 spiro atoms. The highest BCUT2D eigenvalue weighted by molar-refractivity contribution is 7.92. The van der Waals surface area contributed by atoms with Crippen LogP contribution in [0.5, 0.6) is 0 Å². The van der Waals surface area contributed by atoms with Gasteiger partial charge in [-0.2, -0.15) is 26.3 Å². The normalized spacial score (nSPS) is 18.5. The van der Waals surface area contributed by atoms with Crippen LogP contribution < -0.4 is 4.90 Å². The molecule has 1 atom stereocenters. The van der Waals surface area contributed by atoms with Crippen LogP contribution in [-0.4, -0.2) is 35.6 Å². The van der Waals surface area contributed by atoms with Crippen LogP contribution in [-0.2, 0) is 27.0 Å². The maximum absolute atomic E-state index is 13.2. The third-order valence-corrected chi connectivity index (χ3v) is 8.34. The molecule has 1 aliphatic rings. The number of hydrogen-bond donors (Lipinski definition) is 0. The van der Waals surface area contributed by atoms with Gasteiger partial charge in [0.05, 0.1) is 15.2 Å². The van der Waals surface area contributed by atoms with E-state index in [1.54, 1.807) is 0 Å². The Morgan fingerprint density at radius 1 is 1.03 bits per heavy atom. The number of alkyl halides is 6.